The summed E-state index contributed by atoms with van der Waals surface area (Å²) in [5, 5.41) is 0. The molecule has 2 aliphatic rings. The van der Waals surface area contributed by atoms with E-state index in [4.69, 9.17) is 42.6 Å². The predicted molar refractivity (Wildman–Crippen MR) is 187 cm³/mol. The summed E-state index contributed by atoms with van der Waals surface area (Å²) >= 11 is 0. The molecule has 0 unspecified atom stereocenters. The van der Waals surface area contributed by atoms with Crippen molar-refractivity contribution >= 4 is 0 Å². The minimum absolute atomic E-state index is 0.205. The molecular weight excluding hydrogens is 636 g/mol. The fourth-order valence-electron chi connectivity index (χ4n) is 6.30. The molecule has 0 spiro atoms. The first-order valence-electron chi connectivity index (χ1n) is 17.1. The summed E-state index contributed by atoms with van der Waals surface area (Å²) < 4.78 is 58.6. The van der Waals surface area contributed by atoms with Gasteiger partial charge in [0, 0.05) is 19.8 Å². The van der Waals surface area contributed by atoms with E-state index in [0.29, 0.717) is 19.8 Å². The highest BCUT2D eigenvalue weighted by Gasteiger charge is 2.61. The van der Waals surface area contributed by atoms with Crippen molar-refractivity contribution in [1.82, 2.24) is 0 Å². The van der Waals surface area contributed by atoms with Crippen LogP contribution in [0.25, 0.3) is 0 Å². The first-order chi connectivity index (χ1) is 24.4. The number of hydrogen-bond donors (Lipinski definition) is 0. The molecule has 0 radical (unpaired) electrons. The summed E-state index contributed by atoms with van der Waals surface area (Å²) in [5.41, 5.74) is 3.97. The fourth-order valence-corrected chi connectivity index (χ4v) is 6.30. The van der Waals surface area contributed by atoms with Crippen LogP contribution in [0.15, 0.2) is 121 Å². The average Bonchev–Trinajstić information content (AvgIpc) is 3.18. The van der Waals surface area contributed by atoms with Gasteiger partial charge < -0.3 is 42.6 Å². The molecule has 0 bridgehead atoms. The second-order valence-corrected chi connectivity index (χ2v) is 12.8. The molecule has 9 nitrogen and oxygen atoms in total. The van der Waals surface area contributed by atoms with E-state index in [1.54, 1.807) is 28.1 Å². The normalized spacial score (nSPS) is 29.0. The zero-order valence-electron chi connectivity index (χ0n) is 29.2. The Morgan fingerprint density at radius 3 is 1.74 bits per heavy atom. The zero-order chi connectivity index (χ0) is 34.8. The van der Waals surface area contributed by atoms with E-state index >= 15 is 0 Å². The quantitative estimate of drug-likeness (QED) is 0.132. The molecule has 0 aliphatic carbocycles. The Hall–Kier alpha value is -3.48. The van der Waals surface area contributed by atoms with Gasteiger partial charge >= 0.3 is 0 Å². The van der Waals surface area contributed by atoms with Crippen molar-refractivity contribution in [2.75, 3.05) is 27.4 Å². The molecule has 2 heterocycles. The van der Waals surface area contributed by atoms with Crippen molar-refractivity contribution in [1.29, 1.82) is 0 Å². The van der Waals surface area contributed by atoms with Crippen LogP contribution >= 0.6 is 0 Å². The van der Waals surface area contributed by atoms with Crippen LogP contribution in [0.2, 0.25) is 0 Å². The number of rotatable bonds is 15. The summed E-state index contributed by atoms with van der Waals surface area (Å²) in [6.45, 7) is 5.15. The van der Waals surface area contributed by atoms with Gasteiger partial charge in [0.25, 0.3) is 0 Å². The topological polar surface area (TPSA) is 83.1 Å². The Balaban J connectivity index is 1.35. The smallest absolute Gasteiger partial charge is 0.220 e. The van der Waals surface area contributed by atoms with Crippen LogP contribution in [0, 0.1) is 0 Å². The third kappa shape index (κ3) is 8.69. The van der Waals surface area contributed by atoms with Crippen molar-refractivity contribution in [2.45, 2.75) is 82.1 Å². The molecule has 4 aromatic rings. The standard InChI is InChI=1S/C41H48O9/c1-40(42-3)41(2,43-4)50-38(36-35(46-27-32-21-13-7-14-22-32)29-47-39(48-36)33-23-15-8-16-24-33)37(49-40)34(45-26-31-19-11-6-12-20-31)28-44-25-30-17-9-5-10-18-30/h5-24,34-39H,25-29H2,1-4H3/t34-,35-,36-,37+,38+,39-,40-,41-/m1/s1. The Morgan fingerprint density at radius 1 is 0.640 bits per heavy atom. The lowest BCUT2D eigenvalue weighted by Crippen LogP contribution is -2.71. The predicted octanol–water partition coefficient (Wildman–Crippen LogP) is 7.00. The summed E-state index contributed by atoms with van der Waals surface area (Å²) in [5.74, 6) is -2.65. The first kappa shape index (κ1) is 36.3. The molecule has 9 heteroatoms. The van der Waals surface area contributed by atoms with Crippen molar-refractivity contribution < 1.29 is 42.6 Å². The maximum atomic E-state index is 6.98. The van der Waals surface area contributed by atoms with Gasteiger partial charge in [-0.25, -0.2) is 0 Å². The van der Waals surface area contributed by atoms with Crippen molar-refractivity contribution in [3.63, 3.8) is 0 Å². The lowest BCUT2D eigenvalue weighted by Gasteiger charge is -2.55. The van der Waals surface area contributed by atoms with Crippen LogP contribution in [0.4, 0.5) is 0 Å². The van der Waals surface area contributed by atoms with E-state index in [-0.39, 0.29) is 13.2 Å². The molecule has 8 atom stereocenters. The summed E-state index contributed by atoms with van der Waals surface area (Å²) in [7, 11) is 3.15. The molecule has 4 aromatic carbocycles. The molecule has 0 saturated carbocycles. The molecular formula is C41H48O9. The highest BCUT2D eigenvalue weighted by Crippen LogP contribution is 2.44. The fraction of sp³-hybridized carbons (Fsp3) is 0.415. The molecule has 2 aliphatic heterocycles. The number of benzene rings is 4. The van der Waals surface area contributed by atoms with Gasteiger partial charge in [0.1, 0.15) is 30.5 Å². The van der Waals surface area contributed by atoms with Crippen molar-refractivity contribution in [3.8, 4) is 0 Å². The van der Waals surface area contributed by atoms with Gasteiger partial charge in [0.15, 0.2) is 6.29 Å². The molecule has 6 rings (SSSR count). The average molecular weight is 685 g/mol. The number of hydrogen-bond acceptors (Lipinski definition) is 9. The van der Waals surface area contributed by atoms with Gasteiger partial charge in [-0.3, -0.25) is 0 Å². The summed E-state index contributed by atoms with van der Waals surface area (Å²) in [6, 6.07) is 39.9. The minimum Gasteiger partial charge on any atom is -0.374 e. The Labute approximate surface area is 295 Å². The van der Waals surface area contributed by atoms with Gasteiger partial charge in [0.2, 0.25) is 11.6 Å². The largest absolute Gasteiger partial charge is 0.374 e. The number of ether oxygens (including phenoxy) is 9. The monoisotopic (exact) mass is 684 g/mol. The summed E-state index contributed by atoms with van der Waals surface area (Å²) in [4.78, 5) is 0. The lowest BCUT2D eigenvalue weighted by molar-refractivity contribution is -0.469. The molecule has 0 N–H and O–H groups in total. The third-order valence-electron chi connectivity index (χ3n) is 9.48. The Morgan fingerprint density at radius 2 is 1.16 bits per heavy atom. The van der Waals surface area contributed by atoms with Crippen LogP contribution in [0.5, 0.6) is 0 Å². The first-order valence-corrected chi connectivity index (χ1v) is 17.1. The Bertz CT molecular complexity index is 1560. The van der Waals surface area contributed by atoms with E-state index in [0.717, 1.165) is 22.3 Å². The maximum absolute atomic E-state index is 6.98. The van der Waals surface area contributed by atoms with Crippen molar-refractivity contribution in [2.24, 2.45) is 0 Å². The number of methoxy groups -OCH3 is 2. The van der Waals surface area contributed by atoms with Crippen LogP contribution in [0.1, 0.15) is 42.4 Å². The maximum Gasteiger partial charge on any atom is 0.220 e. The van der Waals surface area contributed by atoms with Gasteiger partial charge in [-0.2, -0.15) is 0 Å². The second-order valence-electron chi connectivity index (χ2n) is 12.8. The van der Waals surface area contributed by atoms with Crippen LogP contribution in [-0.2, 0) is 62.5 Å². The van der Waals surface area contributed by atoms with E-state index in [1.165, 1.54) is 0 Å². The molecule has 2 fully saturated rings. The van der Waals surface area contributed by atoms with E-state index in [1.807, 2.05) is 121 Å². The van der Waals surface area contributed by atoms with Crippen LogP contribution < -0.4 is 0 Å². The van der Waals surface area contributed by atoms with Crippen molar-refractivity contribution in [3.05, 3.63) is 144 Å². The van der Waals surface area contributed by atoms with E-state index in [2.05, 4.69) is 0 Å². The SMILES string of the molecule is CO[C@]1(C)O[C@@H]([C@@H]2O[C@H](c3ccccc3)OC[C@H]2OCc2ccccc2)[C@H]([C@@H](COCc2ccccc2)OCc2ccccc2)O[C@@]1(C)OC. The zero-order valence-corrected chi connectivity index (χ0v) is 29.2. The lowest BCUT2D eigenvalue weighted by atomic mass is 9.93. The third-order valence-corrected chi connectivity index (χ3v) is 9.48. The molecule has 0 amide bonds. The van der Waals surface area contributed by atoms with E-state index < -0.39 is 48.4 Å². The minimum atomic E-state index is -1.33. The Kier molecular flexibility index (Phi) is 12.5. The molecule has 2 saturated heterocycles. The molecule has 50 heavy (non-hydrogen) atoms. The van der Waals surface area contributed by atoms with Gasteiger partial charge in [-0.15, -0.1) is 0 Å². The summed E-state index contributed by atoms with van der Waals surface area (Å²) in [6.07, 6.45) is -3.99. The van der Waals surface area contributed by atoms with Gasteiger partial charge in [-0.1, -0.05) is 121 Å². The van der Waals surface area contributed by atoms with E-state index in [9.17, 15) is 0 Å². The second kappa shape index (κ2) is 17.2. The van der Waals surface area contributed by atoms with Crippen LogP contribution in [0.3, 0.4) is 0 Å². The van der Waals surface area contributed by atoms with Gasteiger partial charge in [0.05, 0.1) is 33.0 Å². The van der Waals surface area contributed by atoms with Crippen LogP contribution in [-0.4, -0.2) is 69.5 Å². The highest BCUT2D eigenvalue weighted by atomic mass is 16.8. The molecule has 266 valence electrons. The highest BCUT2D eigenvalue weighted by molar-refractivity contribution is 5.18. The van der Waals surface area contributed by atoms with Gasteiger partial charge in [-0.05, 0) is 30.5 Å². The molecule has 0 aromatic heterocycles.